The Labute approximate surface area is 184 Å². The van der Waals surface area contributed by atoms with Crippen LogP contribution in [0.3, 0.4) is 0 Å². The second-order valence-electron chi connectivity index (χ2n) is 8.18. The predicted molar refractivity (Wildman–Crippen MR) is 120 cm³/mol. The number of carbonyl (C=O) groups is 2. The minimum atomic E-state index is -0.499. The minimum Gasteiger partial charge on any atom is -0.344 e. The average molecular weight is 428 g/mol. The van der Waals surface area contributed by atoms with Crippen LogP contribution in [0.5, 0.6) is 0 Å². The van der Waals surface area contributed by atoms with Crippen LogP contribution in [-0.4, -0.2) is 53.8 Å². The molecule has 1 aliphatic heterocycles. The number of rotatable bonds is 7. The molecule has 0 aliphatic carbocycles. The second-order valence-corrected chi connectivity index (χ2v) is 8.62. The van der Waals surface area contributed by atoms with Crippen LogP contribution < -0.4 is 5.32 Å². The van der Waals surface area contributed by atoms with Crippen molar-refractivity contribution in [3.63, 3.8) is 0 Å². The highest BCUT2D eigenvalue weighted by molar-refractivity contribution is 6.30. The van der Waals surface area contributed by atoms with Gasteiger partial charge in [0.15, 0.2) is 0 Å². The van der Waals surface area contributed by atoms with Gasteiger partial charge in [-0.1, -0.05) is 67.9 Å². The molecule has 2 aromatic rings. The lowest BCUT2D eigenvalue weighted by molar-refractivity contribution is -0.139. The van der Waals surface area contributed by atoms with Crippen molar-refractivity contribution in [2.75, 3.05) is 26.2 Å². The molecule has 1 atom stereocenters. The number of amides is 2. The quantitative estimate of drug-likeness (QED) is 0.737. The molecule has 1 N–H and O–H groups in total. The first-order valence-electron chi connectivity index (χ1n) is 10.5. The molecule has 2 aromatic carbocycles. The number of benzene rings is 2. The lowest BCUT2D eigenvalue weighted by atomic mass is 10.0. The summed E-state index contributed by atoms with van der Waals surface area (Å²) in [6.07, 6.45) is 0.282. The zero-order chi connectivity index (χ0) is 21.5. The molecule has 1 heterocycles. The molecule has 0 unspecified atom stereocenters. The van der Waals surface area contributed by atoms with Gasteiger partial charge in [0.2, 0.25) is 11.8 Å². The molecule has 6 heteroatoms. The van der Waals surface area contributed by atoms with E-state index >= 15 is 0 Å². The molecule has 1 saturated heterocycles. The largest absolute Gasteiger partial charge is 0.344 e. The molecule has 0 aromatic heterocycles. The van der Waals surface area contributed by atoms with Crippen molar-refractivity contribution >= 4 is 23.4 Å². The number of piperazine rings is 1. The fourth-order valence-corrected chi connectivity index (χ4v) is 3.95. The first kappa shape index (κ1) is 22.3. The van der Waals surface area contributed by atoms with Crippen molar-refractivity contribution in [2.24, 2.45) is 5.92 Å². The SMILES string of the molecule is CC(C)[C@H](NC(=O)Cc1ccccc1)C(=O)N1CCN(Cc2cccc(Cl)c2)CC1. The third kappa shape index (κ3) is 6.31. The Morgan fingerprint density at radius 2 is 1.63 bits per heavy atom. The standard InChI is InChI=1S/C24H30ClN3O2/c1-18(2)23(26-22(29)16-19-7-4-3-5-8-19)24(30)28-13-11-27(12-14-28)17-20-9-6-10-21(25)15-20/h3-10,15,18,23H,11-14,16-17H2,1-2H3,(H,26,29)/t23-/m0/s1. The van der Waals surface area contributed by atoms with Crippen LogP contribution in [0.25, 0.3) is 0 Å². The molecule has 0 saturated carbocycles. The third-order valence-electron chi connectivity index (χ3n) is 5.44. The summed E-state index contributed by atoms with van der Waals surface area (Å²) >= 11 is 6.08. The predicted octanol–water partition coefficient (Wildman–Crippen LogP) is 3.37. The van der Waals surface area contributed by atoms with Crippen molar-refractivity contribution in [3.8, 4) is 0 Å². The summed E-state index contributed by atoms with van der Waals surface area (Å²) in [5.74, 6) is -0.0802. The third-order valence-corrected chi connectivity index (χ3v) is 5.67. The fourth-order valence-electron chi connectivity index (χ4n) is 3.74. The maximum Gasteiger partial charge on any atom is 0.245 e. The van der Waals surface area contributed by atoms with Crippen molar-refractivity contribution < 1.29 is 9.59 Å². The van der Waals surface area contributed by atoms with Crippen molar-refractivity contribution in [3.05, 3.63) is 70.7 Å². The van der Waals surface area contributed by atoms with Gasteiger partial charge >= 0.3 is 0 Å². The number of hydrogen-bond donors (Lipinski definition) is 1. The smallest absolute Gasteiger partial charge is 0.245 e. The van der Waals surface area contributed by atoms with Crippen LogP contribution >= 0.6 is 11.6 Å². The van der Waals surface area contributed by atoms with E-state index < -0.39 is 6.04 Å². The van der Waals surface area contributed by atoms with E-state index in [1.807, 2.05) is 67.3 Å². The summed E-state index contributed by atoms with van der Waals surface area (Å²) in [5, 5.41) is 3.70. The summed E-state index contributed by atoms with van der Waals surface area (Å²) in [6, 6.07) is 17.0. The zero-order valence-electron chi connectivity index (χ0n) is 17.7. The normalized spacial score (nSPS) is 15.8. The van der Waals surface area contributed by atoms with Crippen LogP contribution in [0.1, 0.15) is 25.0 Å². The first-order valence-corrected chi connectivity index (χ1v) is 10.9. The molecule has 0 radical (unpaired) electrons. The van der Waals surface area contributed by atoms with Gasteiger partial charge in [-0.05, 0) is 29.2 Å². The van der Waals surface area contributed by atoms with Gasteiger partial charge in [-0.3, -0.25) is 14.5 Å². The summed E-state index contributed by atoms with van der Waals surface area (Å²) < 4.78 is 0. The van der Waals surface area contributed by atoms with E-state index in [0.717, 1.165) is 30.2 Å². The molecule has 1 fully saturated rings. The van der Waals surface area contributed by atoms with Crippen LogP contribution in [0.4, 0.5) is 0 Å². The number of nitrogens with zero attached hydrogens (tertiary/aromatic N) is 2. The molecule has 5 nitrogen and oxygen atoms in total. The topological polar surface area (TPSA) is 52.7 Å². The number of nitrogens with one attached hydrogen (secondary N) is 1. The lowest BCUT2D eigenvalue weighted by Crippen LogP contribution is -2.56. The summed E-state index contributed by atoms with van der Waals surface area (Å²) in [4.78, 5) is 29.8. The Hall–Kier alpha value is -2.37. The van der Waals surface area contributed by atoms with Gasteiger partial charge < -0.3 is 10.2 Å². The van der Waals surface area contributed by atoms with Crippen molar-refractivity contribution in [1.29, 1.82) is 0 Å². The van der Waals surface area contributed by atoms with Gasteiger partial charge in [0.1, 0.15) is 6.04 Å². The van der Waals surface area contributed by atoms with Crippen molar-refractivity contribution in [2.45, 2.75) is 32.9 Å². The highest BCUT2D eigenvalue weighted by Gasteiger charge is 2.30. The monoisotopic (exact) mass is 427 g/mol. The Morgan fingerprint density at radius 3 is 2.27 bits per heavy atom. The summed E-state index contributed by atoms with van der Waals surface area (Å²) in [5.41, 5.74) is 2.12. The maximum atomic E-state index is 13.1. The molecule has 1 aliphatic rings. The molecule has 0 bridgehead atoms. The van der Waals surface area contributed by atoms with Gasteiger partial charge in [0.25, 0.3) is 0 Å². The Morgan fingerprint density at radius 1 is 0.967 bits per heavy atom. The fraction of sp³-hybridized carbons (Fsp3) is 0.417. The van der Waals surface area contributed by atoms with Gasteiger partial charge in [-0.15, -0.1) is 0 Å². The van der Waals surface area contributed by atoms with E-state index in [-0.39, 0.29) is 24.2 Å². The van der Waals surface area contributed by atoms with E-state index in [9.17, 15) is 9.59 Å². The molecular weight excluding hydrogens is 398 g/mol. The minimum absolute atomic E-state index is 0.00816. The van der Waals surface area contributed by atoms with Crippen LogP contribution in [0, 0.1) is 5.92 Å². The Balaban J connectivity index is 1.52. The molecule has 3 rings (SSSR count). The molecule has 30 heavy (non-hydrogen) atoms. The van der Waals surface area contributed by atoms with Crippen molar-refractivity contribution in [1.82, 2.24) is 15.1 Å². The highest BCUT2D eigenvalue weighted by atomic mass is 35.5. The van der Waals surface area contributed by atoms with Gasteiger partial charge in [-0.25, -0.2) is 0 Å². The van der Waals surface area contributed by atoms with E-state index in [2.05, 4.69) is 16.3 Å². The Kier molecular flexibility index (Phi) is 7.88. The highest BCUT2D eigenvalue weighted by Crippen LogP contribution is 2.15. The van der Waals surface area contributed by atoms with Gasteiger partial charge in [-0.2, -0.15) is 0 Å². The van der Waals surface area contributed by atoms with Crippen LogP contribution in [-0.2, 0) is 22.6 Å². The maximum absolute atomic E-state index is 13.1. The first-order chi connectivity index (χ1) is 14.4. The summed E-state index contributed by atoms with van der Waals surface area (Å²) in [6.45, 7) is 7.71. The van der Waals surface area contributed by atoms with E-state index in [1.165, 1.54) is 5.56 Å². The zero-order valence-corrected chi connectivity index (χ0v) is 18.4. The molecular formula is C24H30ClN3O2. The van der Waals surface area contributed by atoms with Gasteiger partial charge in [0, 0.05) is 37.7 Å². The molecule has 2 amide bonds. The van der Waals surface area contributed by atoms with Crippen LogP contribution in [0.15, 0.2) is 54.6 Å². The van der Waals surface area contributed by atoms with E-state index in [1.54, 1.807) is 0 Å². The average Bonchev–Trinajstić information content (AvgIpc) is 2.73. The van der Waals surface area contributed by atoms with Gasteiger partial charge in [0.05, 0.1) is 6.42 Å². The molecule has 0 spiro atoms. The number of hydrogen-bond acceptors (Lipinski definition) is 3. The molecule has 160 valence electrons. The Bertz CT molecular complexity index is 849. The van der Waals surface area contributed by atoms with E-state index in [0.29, 0.717) is 13.1 Å². The number of halogens is 1. The second kappa shape index (κ2) is 10.6. The lowest BCUT2D eigenvalue weighted by Gasteiger charge is -2.37. The van der Waals surface area contributed by atoms with Crippen LogP contribution in [0.2, 0.25) is 5.02 Å². The summed E-state index contributed by atoms with van der Waals surface area (Å²) in [7, 11) is 0. The van der Waals surface area contributed by atoms with E-state index in [4.69, 9.17) is 11.6 Å². The number of carbonyl (C=O) groups excluding carboxylic acids is 2.